The second-order valence-electron chi connectivity index (χ2n) is 6.19. The van der Waals surface area contributed by atoms with E-state index >= 15 is 0 Å². The van der Waals surface area contributed by atoms with E-state index in [1.54, 1.807) is 4.68 Å². The number of ether oxygens (including phenoxy) is 1. The van der Waals surface area contributed by atoms with Crippen molar-refractivity contribution in [1.29, 1.82) is 0 Å². The fourth-order valence-electron chi connectivity index (χ4n) is 2.62. The summed E-state index contributed by atoms with van der Waals surface area (Å²) in [6, 6.07) is 7.63. The van der Waals surface area contributed by atoms with Crippen LogP contribution in [0.2, 0.25) is 0 Å². The van der Waals surface area contributed by atoms with Gasteiger partial charge < -0.3 is 4.74 Å². The quantitative estimate of drug-likeness (QED) is 0.553. The molecule has 4 rings (SSSR count). The molecule has 118 valence electrons. The van der Waals surface area contributed by atoms with Gasteiger partial charge in [-0.25, -0.2) is 4.68 Å². The summed E-state index contributed by atoms with van der Waals surface area (Å²) in [4.78, 5) is 12.4. The number of Topliss-reactive ketones (excluding diaryl/α,β-unsaturated/α-hetero) is 1. The molecule has 7 nitrogen and oxygen atoms in total. The zero-order chi connectivity index (χ0) is 15.9. The zero-order valence-electron chi connectivity index (χ0n) is 12.8. The van der Waals surface area contributed by atoms with Crippen LogP contribution in [0, 0.1) is 0 Å². The van der Waals surface area contributed by atoms with Gasteiger partial charge in [-0.1, -0.05) is 23.4 Å². The molecule has 1 unspecified atom stereocenters. The number of para-hydroxylation sites is 1. The highest BCUT2D eigenvalue weighted by Gasteiger charge is 2.40. The number of epoxide rings is 1. The lowest BCUT2D eigenvalue weighted by molar-refractivity contribution is 0.0979. The van der Waals surface area contributed by atoms with Gasteiger partial charge in [0.15, 0.2) is 5.78 Å². The first kappa shape index (κ1) is 14.1. The molecule has 2 aromatic heterocycles. The highest BCUT2D eigenvalue weighted by atomic mass is 16.6. The second-order valence-corrected chi connectivity index (χ2v) is 6.19. The number of H-pyrrole nitrogens is 1. The van der Waals surface area contributed by atoms with Gasteiger partial charge in [-0.3, -0.25) is 9.89 Å². The van der Waals surface area contributed by atoms with Crippen molar-refractivity contribution in [2.24, 2.45) is 0 Å². The number of carbonyl (C=O) groups is 1. The Hall–Kier alpha value is -2.54. The van der Waals surface area contributed by atoms with Gasteiger partial charge in [0.2, 0.25) is 0 Å². The van der Waals surface area contributed by atoms with Crippen molar-refractivity contribution in [3.8, 4) is 0 Å². The second kappa shape index (κ2) is 5.27. The van der Waals surface area contributed by atoms with Gasteiger partial charge in [-0.15, -0.1) is 5.10 Å². The Labute approximate surface area is 132 Å². The summed E-state index contributed by atoms with van der Waals surface area (Å²) in [7, 11) is 0. The van der Waals surface area contributed by atoms with Crippen molar-refractivity contribution >= 4 is 16.7 Å². The van der Waals surface area contributed by atoms with Crippen molar-refractivity contribution in [3.63, 3.8) is 0 Å². The van der Waals surface area contributed by atoms with Crippen LogP contribution in [0.25, 0.3) is 10.9 Å². The molecule has 7 heteroatoms. The average Bonchev–Trinajstić information content (AvgIpc) is 2.98. The van der Waals surface area contributed by atoms with Crippen molar-refractivity contribution < 1.29 is 9.53 Å². The molecule has 0 radical (unpaired) electrons. The van der Waals surface area contributed by atoms with Crippen LogP contribution in [-0.4, -0.2) is 43.2 Å². The summed E-state index contributed by atoms with van der Waals surface area (Å²) in [5, 5.41) is 16.1. The molecule has 0 saturated carbocycles. The van der Waals surface area contributed by atoms with Gasteiger partial charge in [-0.05, 0) is 13.0 Å². The number of nitrogens with zero attached hydrogens (tertiary/aromatic N) is 4. The molecule has 1 fully saturated rings. The molecule has 3 aromatic rings. The first-order valence-electron chi connectivity index (χ1n) is 7.62. The maximum atomic E-state index is 12.4. The van der Waals surface area contributed by atoms with Crippen LogP contribution in [0.3, 0.4) is 0 Å². The van der Waals surface area contributed by atoms with E-state index < -0.39 is 0 Å². The largest absolute Gasteiger partial charge is 0.368 e. The van der Waals surface area contributed by atoms with Crippen molar-refractivity contribution in [2.75, 3.05) is 6.61 Å². The summed E-state index contributed by atoms with van der Waals surface area (Å²) >= 11 is 0. The molecule has 1 atom stereocenters. The first-order valence-corrected chi connectivity index (χ1v) is 7.62. The molecule has 1 aliphatic rings. The number of aromatic amines is 1. The third-order valence-corrected chi connectivity index (χ3v) is 4.06. The molecule has 0 bridgehead atoms. The number of ketones is 1. The van der Waals surface area contributed by atoms with Crippen LogP contribution in [0.5, 0.6) is 0 Å². The molecule has 1 aromatic carbocycles. The van der Waals surface area contributed by atoms with Gasteiger partial charge in [0.1, 0.15) is 11.3 Å². The standard InChI is InChI=1S/C16H17N5O2/c1-16(10-23-16)9-21-8-11(17-20-21)6-7-14(22)15-12-4-2-3-5-13(12)18-19-15/h2-5,8H,6-7,9-10H2,1H3,(H,18,19). The SMILES string of the molecule is CC1(Cn2cc(CCC(=O)c3n[nH]c4ccccc34)nn2)CO1. The molecule has 1 N–H and O–H groups in total. The average molecular weight is 311 g/mol. The van der Waals surface area contributed by atoms with E-state index in [2.05, 4.69) is 20.5 Å². The van der Waals surface area contributed by atoms with Crippen LogP contribution < -0.4 is 0 Å². The number of nitrogens with one attached hydrogen (secondary N) is 1. The van der Waals surface area contributed by atoms with E-state index in [0.717, 1.165) is 23.2 Å². The van der Waals surface area contributed by atoms with E-state index in [4.69, 9.17) is 4.74 Å². The van der Waals surface area contributed by atoms with Gasteiger partial charge in [-0.2, -0.15) is 5.10 Å². The summed E-state index contributed by atoms with van der Waals surface area (Å²) in [5.41, 5.74) is 2.07. The minimum absolute atomic E-state index is 0.00879. The zero-order valence-corrected chi connectivity index (χ0v) is 12.8. The van der Waals surface area contributed by atoms with E-state index in [-0.39, 0.29) is 11.4 Å². The topological polar surface area (TPSA) is 89.0 Å². The number of fused-ring (bicyclic) bond motifs is 1. The van der Waals surface area contributed by atoms with Crippen LogP contribution in [-0.2, 0) is 17.7 Å². The van der Waals surface area contributed by atoms with Crippen LogP contribution >= 0.6 is 0 Å². The van der Waals surface area contributed by atoms with Crippen LogP contribution in [0.15, 0.2) is 30.5 Å². The number of hydrogen-bond acceptors (Lipinski definition) is 5. The predicted octanol–water partition coefficient (Wildman–Crippen LogP) is 1.76. The van der Waals surface area contributed by atoms with E-state index in [0.29, 0.717) is 25.1 Å². The minimum atomic E-state index is -0.102. The molecular formula is C16H17N5O2. The summed E-state index contributed by atoms with van der Waals surface area (Å²) in [5.74, 6) is 0.00879. The number of aromatic nitrogens is 5. The van der Waals surface area contributed by atoms with Gasteiger partial charge in [0.25, 0.3) is 0 Å². The fraction of sp³-hybridized carbons (Fsp3) is 0.375. The fourth-order valence-corrected chi connectivity index (χ4v) is 2.62. The summed E-state index contributed by atoms with van der Waals surface area (Å²) in [6.07, 6.45) is 2.79. The lowest BCUT2D eigenvalue weighted by Crippen LogP contribution is -2.15. The highest BCUT2D eigenvalue weighted by molar-refractivity contribution is 6.05. The lowest BCUT2D eigenvalue weighted by Gasteiger charge is -2.02. The van der Waals surface area contributed by atoms with Crippen LogP contribution in [0.4, 0.5) is 0 Å². The molecule has 3 heterocycles. The normalized spacial score (nSPS) is 20.0. The molecule has 1 saturated heterocycles. The Kier molecular flexibility index (Phi) is 3.23. The van der Waals surface area contributed by atoms with E-state index in [1.165, 1.54) is 0 Å². The summed E-state index contributed by atoms with van der Waals surface area (Å²) < 4.78 is 7.12. The van der Waals surface area contributed by atoms with E-state index in [9.17, 15) is 4.79 Å². The maximum Gasteiger partial charge on any atom is 0.184 e. The molecular weight excluding hydrogens is 294 g/mol. The van der Waals surface area contributed by atoms with Crippen molar-refractivity contribution in [2.45, 2.75) is 31.9 Å². The number of benzene rings is 1. The van der Waals surface area contributed by atoms with Gasteiger partial charge in [0, 0.05) is 24.4 Å². The molecule has 0 spiro atoms. The minimum Gasteiger partial charge on any atom is -0.368 e. The number of rotatable bonds is 6. The smallest absolute Gasteiger partial charge is 0.184 e. The monoisotopic (exact) mass is 311 g/mol. The van der Waals surface area contributed by atoms with Gasteiger partial charge in [0.05, 0.1) is 24.4 Å². The van der Waals surface area contributed by atoms with Gasteiger partial charge >= 0.3 is 0 Å². The van der Waals surface area contributed by atoms with Crippen molar-refractivity contribution in [1.82, 2.24) is 25.2 Å². The Morgan fingerprint density at radius 2 is 2.26 bits per heavy atom. The Bertz CT molecular complexity index is 862. The molecule has 0 amide bonds. The van der Waals surface area contributed by atoms with Crippen LogP contribution in [0.1, 0.15) is 29.5 Å². The maximum absolute atomic E-state index is 12.4. The summed E-state index contributed by atoms with van der Waals surface area (Å²) in [6.45, 7) is 3.49. The molecule has 23 heavy (non-hydrogen) atoms. The molecule has 1 aliphatic heterocycles. The first-order chi connectivity index (χ1) is 11.1. The lowest BCUT2D eigenvalue weighted by atomic mass is 10.1. The highest BCUT2D eigenvalue weighted by Crippen LogP contribution is 2.27. The Morgan fingerprint density at radius 1 is 1.43 bits per heavy atom. The third-order valence-electron chi connectivity index (χ3n) is 4.06. The number of carbonyl (C=O) groups excluding carboxylic acids is 1. The number of hydrogen-bond donors (Lipinski definition) is 1. The van der Waals surface area contributed by atoms with Crippen molar-refractivity contribution in [3.05, 3.63) is 41.9 Å². The third kappa shape index (κ3) is 2.87. The number of aryl methyl sites for hydroxylation is 1. The van der Waals surface area contributed by atoms with E-state index in [1.807, 2.05) is 37.4 Å². The molecule has 0 aliphatic carbocycles. The Balaban J connectivity index is 1.41. The predicted molar refractivity (Wildman–Crippen MR) is 83.1 cm³/mol. The Morgan fingerprint density at radius 3 is 3.09 bits per heavy atom.